The summed E-state index contributed by atoms with van der Waals surface area (Å²) >= 11 is 0. The lowest BCUT2D eigenvalue weighted by molar-refractivity contribution is 0.420. The second kappa shape index (κ2) is 3.99. The summed E-state index contributed by atoms with van der Waals surface area (Å²) in [5, 5.41) is 0.764. The van der Waals surface area contributed by atoms with Gasteiger partial charge in [0.1, 0.15) is 0 Å². The van der Waals surface area contributed by atoms with E-state index in [2.05, 4.69) is 13.5 Å². The molecular weight excluding hydrogens is 183 g/mol. The largest absolute Gasteiger partial charge is 0.548 e. The van der Waals surface area contributed by atoms with E-state index in [9.17, 15) is 4.57 Å². The molecule has 0 saturated carbocycles. The van der Waals surface area contributed by atoms with Crippen LogP contribution in [0.3, 0.4) is 0 Å². The first-order valence-corrected chi connectivity index (χ1v) is 5.35. The summed E-state index contributed by atoms with van der Waals surface area (Å²) in [5.41, 5.74) is 2.02. The van der Waals surface area contributed by atoms with Crippen molar-refractivity contribution in [2.45, 2.75) is 13.8 Å². The third-order valence-corrected chi connectivity index (χ3v) is 3.53. The van der Waals surface area contributed by atoms with E-state index in [4.69, 9.17) is 4.52 Å². The van der Waals surface area contributed by atoms with Crippen LogP contribution in [-0.2, 0) is 9.09 Å². The molecule has 0 N–H and O–H groups in total. The second-order valence-electron chi connectivity index (χ2n) is 3.12. The maximum absolute atomic E-state index is 11.4. The molecule has 2 unspecified atom stereocenters. The fourth-order valence-electron chi connectivity index (χ4n) is 1.28. The second-order valence-corrected chi connectivity index (χ2v) is 4.48. The minimum atomic E-state index is -1.70. The Kier molecular flexibility index (Phi) is 3.18. The highest BCUT2D eigenvalue weighted by atomic mass is 31.1. The van der Waals surface area contributed by atoms with Gasteiger partial charge in [-0.3, -0.25) is 0 Å². The predicted molar refractivity (Wildman–Crippen MR) is 54.8 cm³/mol. The Morgan fingerprint density at radius 2 is 2.23 bits per heavy atom. The van der Waals surface area contributed by atoms with Gasteiger partial charge >= 0.3 is 8.03 Å². The Bertz CT molecular complexity index is 313. The number of hydrogen-bond donors (Lipinski definition) is 0. The zero-order valence-electron chi connectivity index (χ0n) is 8.20. The zero-order valence-corrected chi connectivity index (χ0v) is 9.10. The molecule has 0 aromatic heterocycles. The summed E-state index contributed by atoms with van der Waals surface area (Å²) in [6, 6.07) is 0. The molecule has 0 saturated heterocycles. The highest BCUT2D eigenvalue weighted by Gasteiger charge is 2.29. The van der Waals surface area contributed by atoms with Crippen LogP contribution in [0, 0.1) is 5.92 Å². The van der Waals surface area contributed by atoms with E-state index in [1.807, 2.05) is 19.1 Å². The SMILES string of the molecule is C=C1C(C)=C([P+](=O)OC)C=CC1C. The highest BCUT2D eigenvalue weighted by Crippen LogP contribution is 2.41. The van der Waals surface area contributed by atoms with Crippen LogP contribution >= 0.6 is 8.03 Å². The van der Waals surface area contributed by atoms with E-state index in [-0.39, 0.29) is 0 Å². The monoisotopic (exact) mass is 197 g/mol. The van der Waals surface area contributed by atoms with Gasteiger partial charge in [-0.25, -0.2) is 0 Å². The molecule has 2 nitrogen and oxygen atoms in total. The number of allylic oxidation sites excluding steroid dienone is 5. The third kappa shape index (κ3) is 1.96. The van der Waals surface area contributed by atoms with Gasteiger partial charge in [-0.2, -0.15) is 0 Å². The van der Waals surface area contributed by atoms with Crippen molar-refractivity contribution in [3.63, 3.8) is 0 Å². The predicted octanol–water partition coefficient (Wildman–Crippen LogP) is 3.41. The van der Waals surface area contributed by atoms with Crippen molar-refractivity contribution in [1.82, 2.24) is 0 Å². The molecule has 0 heterocycles. The van der Waals surface area contributed by atoms with Gasteiger partial charge in [0.25, 0.3) is 0 Å². The average Bonchev–Trinajstić information content (AvgIpc) is 2.13. The quantitative estimate of drug-likeness (QED) is 0.634. The molecule has 0 amide bonds. The molecule has 1 aliphatic carbocycles. The standard InChI is InChI=1S/C10H14O2P/c1-7-5-6-10(13(11)12-4)9(3)8(7)2/h5-7H,2H2,1,3-4H3/q+1. The van der Waals surface area contributed by atoms with Crippen molar-refractivity contribution >= 4 is 8.03 Å². The number of hydrogen-bond acceptors (Lipinski definition) is 2. The minimum absolute atomic E-state index is 0.337. The van der Waals surface area contributed by atoms with Crippen LogP contribution in [0.15, 0.2) is 35.2 Å². The van der Waals surface area contributed by atoms with Crippen LogP contribution in [0.2, 0.25) is 0 Å². The first-order chi connectivity index (χ1) is 6.07. The molecule has 0 aromatic carbocycles. The maximum atomic E-state index is 11.4. The molecule has 0 aromatic rings. The van der Waals surface area contributed by atoms with Crippen molar-refractivity contribution < 1.29 is 9.09 Å². The van der Waals surface area contributed by atoms with E-state index in [0.717, 1.165) is 16.5 Å². The van der Waals surface area contributed by atoms with Crippen LogP contribution in [-0.4, -0.2) is 7.11 Å². The van der Waals surface area contributed by atoms with Gasteiger partial charge < -0.3 is 0 Å². The highest BCUT2D eigenvalue weighted by molar-refractivity contribution is 7.44. The van der Waals surface area contributed by atoms with Crippen molar-refractivity contribution in [2.24, 2.45) is 5.92 Å². The maximum Gasteiger partial charge on any atom is 0.548 e. The topological polar surface area (TPSA) is 26.3 Å². The van der Waals surface area contributed by atoms with Gasteiger partial charge in [-0.1, -0.05) is 19.6 Å². The van der Waals surface area contributed by atoms with Crippen molar-refractivity contribution in [3.8, 4) is 0 Å². The molecule has 1 rings (SSSR count). The van der Waals surface area contributed by atoms with E-state index in [0.29, 0.717) is 5.92 Å². The summed E-state index contributed by atoms with van der Waals surface area (Å²) in [4.78, 5) is 0. The van der Waals surface area contributed by atoms with Gasteiger partial charge in [0.15, 0.2) is 0 Å². The molecule has 0 spiro atoms. The van der Waals surface area contributed by atoms with Crippen molar-refractivity contribution in [2.75, 3.05) is 7.11 Å². The minimum Gasteiger partial charge on any atom is -0.145 e. The molecule has 0 aliphatic heterocycles. The average molecular weight is 197 g/mol. The van der Waals surface area contributed by atoms with Gasteiger partial charge in [0, 0.05) is 5.57 Å². The Balaban J connectivity index is 3.05. The molecule has 13 heavy (non-hydrogen) atoms. The van der Waals surface area contributed by atoms with Crippen LogP contribution in [0.1, 0.15) is 13.8 Å². The lowest BCUT2D eigenvalue weighted by Gasteiger charge is -2.14. The van der Waals surface area contributed by atoms with Gasteiger partial charge in [0.05, 0.1) is 7.11 Å². The van der Waals surface area contributed by atoms with Crippen LogP contribution in [0.4, 0.5) is 0 Å². The summed E-state index contributed by atoms with van der Waals surface area (Å²) in [6.45, 7) is 7.95. The first kappa shape index (κ1) is 10.4. The first-order valence-electron chi connectivity index (χ1n) is 4.17. The fraction of sp³-hybridized carbons (Fsp3) is 0.400. The van der Waals surface area contributed by atoms with E-state index < -0.39 is 8.03 Å². The molecule has 0 bridgehead atoms. The lowest BCUT2D eigenvalue weighted by Crippen LogP contribution is -2.02. The van der Waals surface area contributed by atoms with Gasteiger partial charge in [-0.15, -0.1) is 4.52 Å². The van der Waals surface area contributed by atoms with E-state index in [1.54, 1.807) is 0 Å². The Morgan fingerprint density at radius 3 is 2.77 bits per heavy atom. The normalized spacial score (nSPS) is 23.8. The van der Waals surface area contributed by atoms with Crippen LogP contribution in [0.5, 0.6) is 0 Å². The molecule has 70 valence electrons. The van der Waals surface area contributed by atoms with Gasteiger partial charge in [-0.05, 0) is 29.1 Å². The molecular formula is C10H14O2P+. The molecule has 0 fully saturated rings. The van der Waals surface area contributed by atoms with E-state index in [1.165, 1.54) is 7.11 Å². The third-order valence-electron chi connectivity index (χ3n) is 2.32. The lowest BCUT2D eigenvalue weighted by atomic mass is 9.92. The number of rotatable bonds is 2. The van der Waals surface area contributed by atoms with Gasteiger partial charge in [0.2, 0.25) is 5.31 Å². The molecule has 2 atom stereocenters. The van der Waals surface area contributed by atoms with Crippen molar-refractivity contribution in [3.05, 3.63) is 35.2 Å². The summed E-state index contributed by atoms with van der Waals surface area (Å²) in [6.07, 6.45) is 3.87. The Morgan fingerprint density at radius 1 is 1.62 bits per heavy atom. The Labute approximate surface area is 79.9 Å². The van der Waals surface area contributed by atoms with Crippen LogP contribution in [0.25, 0.3) is 0 Å². The molecule has 0 radical (unpaired) electrons. The summed E-state index contributed by atoms with van der Waals surface area (Å²) in [7, 11) is -0.248. The smallest absolute Gasteiger partial charge is 0.145 e. The molecule has 1 aliphatic rings. The molecule has 3 heteroatoms. The Hall–Kier alpha value is -0.720. The fourth-order valence-corrected chi connectivity index (χ4v) is 2.10. The summed E-state index contributed by atoms with van der Waals surface area (Å²) in [5.74, 6) is 0.337. The van der Waals surface area contributed by atoms with Crippen LogP contribution < -0.4 is 0 Å². The van der Waals surface area contributed by atoms with E-state index >= 15 is 0 Å². The summed E-state index contributed by atoms with van der Waals surface area (Å²) < 4.78 is 16.2. The van der Waals surface area contributed by atoms with Crippen molar-refractivity contribution in [1.29, 1.82) is 0 Å². The zero-order chi connectivity index (χ0) is 10.0.